The van der Waals surface area contributed by atoms with E-state index in [2.05, 4.69) is 0 Å². The first-order chi connectivity index (χ1) is 4.13. The Balaban J connectivity index is 0.000000810. The summed E-state index contributed by atoms with van der Waals surface area (Å²) in [5.74, 6) is 0. The number of hydrogen-bond acceptors (Lipinski definition) is 1. The molecule has 0 aromatic rings. The van der Waals surface area contributed by atoms with Gasteiger partial charge in [-0.2, -0.15) is 0 Å². The Hall–Kier alpha value is -0.150. The van der Waals surface area contributed by atoms with Crippen LogP contribution >= 0.6 is 17.0 Å². The number of halogens is 2. The first-order valence-corrected chi connectivity index (χ1v) is 2.93. The molecule has 0 saturated heterocycles. The number of hydrogen-bond donors (Lipinski definition) is 1. The molecule has 58 valence electrons. The van der Waals surface area contributed by atoms with Crippen molar-refractivity contribution in [1.29, 1.82) is 0 Å². The van der Waals surface area contributed by atoms with Gasteiger partial charge < -0.3 is 5.73 Å². The lowest BCUT2D eigenvalue weighted by Crippen LogP contribution is -2.39. The van der Waals surface area contributed by atoms with Gasteiger partial charge in [0.2, 0.25) is 0 Å². The molecule has 1 aliphatic carbocycles. The van der Waals surface area contributed by atoms with E-state index in [0.29, 0.717) is 0 Å². The van der Waals surface area contributed by atoms with Crippen LogP contribution in [-0.2, 0) is 0 Å². The summed E-state index contributed by atoms with van der Waals surface area (Å²) >= 11 is 0. The van der Waals surface area contributed by atoms with Crippen LogP contribution in [0.3, 0.4) is 0 Å². The Morgan fingerprint density at radius 3 is 2.40 bits per heavy atom. The van der Waals surface area contributed by atoms with E-state index in [1.165, 1.54) is 13.0 Å². The van der Waals surface area contributed by atoms with E-state index in [-0.39, 0.29) is 17.0 Å². The van der Waals surface area contributed by atoms with Gasteiger partial charge in [0.15, 0.2) is 0 Å². The van der Waals surface area contributed by atoms with Crippen molar-refractivity contribution in [2.24, 2.45) is 5.73 Å². The number of nitrogens with two attached hydrogens (primary N) is 1. The second-order valence-corrected chi connectivity index (χ2v) is 2.42. The fourth-order valence-electron chi connectivity index (χ4n) is 0.727. The normalized spacial score (nSPS) is 37.3. The average molecular weight is 208 g/mol. The van der Waals surface area contributed by atoms with E-state index in [0.717, 1.165) is 0 Å². The van der Waals surface area contributed by atoms with E-state index >= 15 is 0 Å². The molecule has 0 heterocycles. The summed E-state index contributed by atoms with van der Waals surface area (Å²) in [5, 5.41) is 0. The van der Waals surface area contributed by atoms with Crippen molar-refractivity contribution in [3.05, 3.63) is 24.3 Å². The molecule has 0 fully saturated rings. The molecule has 0 bridgehead atoms. The molecule has 0 amide bonds. The van der Waals surface area contributed by atoms with Gasteiger partial charge in [-0.25, -0.2) is 4.39 Å². The SMILES string of the molecule is Br.CC1(F)C=CC=CC1N. The van der Waals surface area contributed by atoms with Gasteiger partial charge in [0.1, 0.15) is 5.67 Å². The van der Waals surface area contributed by atoms with Crippen LogP contribution in [0.4, 0.5) is 4.39 Å². The average Bonchev–Trinajstić information content (AvgIpc) is 1.77. The van der Waals surface area contributed by atoms with Crippen LogP contribution < -0.4 is 5.73 Å². The lowest BCUT2D eigenvalue weighted by molar-refractivity contribution is 0.232. The topological polar surface area (TPSA) is 26.0 Å². The molecule has 2 atom stereocenters. The second-order valence-electron chi connectivity index (χ2n) is 2.42. The predicted octanol–water partition coefficient (Wildman–Crippen LogP) is 1.75. The van der Waals surface area contributed by atoms with Crippen LogP contribution in [0.5, 0.6) is 0 Å². The van der Waals surface area contributed by atoms with Gasteiger partial charge in [-0.3, -0.25) is 0 Å². The molecule has 0 spiro atoms. The van der Waals surface area contributed by atoms with E-state index in [1.807, 2.05) is 0 Å². The van der Waals surface area contributed by atoms with Crippen LogP contribution in [0, 0.1) is 0 Å². The predicted molar refractivity (Wildman–Crippen MR) is 46.1 cm³/mol. The molecule has 0 aliphatic heterocycles. The molecule has 1 aliphatic rings. The van der Waals surface area contributed by atoms with Crippen LogP contribution in [0.15, 0.2) is 24.3 Å². The maximum absolute atomic E-state index is 13.0. The Labute approximate surface area is 70.6 Å². The van der Waals surface area contributed by atoms with Crippen molar-refractivity contribution in [1.82, 2.24) is 0 Å². The first kappa shape index (κ1) is 9.85. The summed E-state index contributed by atoms with van der Waals surface area (Å²) in [4.78, 5) is 0. The fourth-order valence-corrected chi connectivity index (χ4v) is 0.727. The maximum Gasteiger partial charge on any atom is 0.145 e. The number of alkyl halides is 1. The zero-order valence-corrected chi connectivity index (χ0v) is 7.46. The largest absolute Gasteiger partial charge is 0.322 e. The van der Waals surface area contributed by atoms with Crippen molar-refractivity contribution in [2.75, 3.05) is 0 Å². The highest BCUT2D eigenvalue weighted by Crippen LogP contribution is 2.19. The van der Waals surface area contributed by atoms with E-state index in [4.69, 9.17) is 5.73 Å². The van der Waals surface area contributed by atoms with Crippen molar-refractivity contribution in [3.63, 3.8) is 0 Å². The van der Waals surface area contributed by atoms with Gasteiger partial charge in [-0.05, 0) is 13.0 Å². The molecule has 0 radical (unpaired) electrons. The second kappa shape index (κ2) is 3.30. The van der Waals surface area contributed by atoms with Crippen molar-refractivity contribution in [2.45, 2.75) is 18.6 Å². The lowest BCUT2D eigenvalue weighted by atomic mass is 9.95. The molecule has 0 saturated carbocycles. The summed E-state index contributed by atoms with van der Waals surface area (Å²) in [6.07, 6.45) is 6.55. The molecule has 10 heavy (non-hydrogen) atoms. The molecule has 1 nitrogen and oxygen atoms in total. The Bertz CT molecular complexity index is 163. The van der Waals surface area contributed by atoms with Gasteiger partial charge >= 0.3 is 0 Å². The van der Waals surface area contributed by atoms with Gasteiger partial charge in [0, 0.05) is 0 Å². The number of rotatable bonds is 0. The van der Waals surface area contributed by atoms with Crippen molar-refractivity contribution >= 4 is 17.0 Å². The Kier molecular flexibility index (Phi) is 3.25. The molecule has 2 unspecified atom stereocenters. The quantitative estimate of drug-likeness (QED) is 0.644. The minimum atomic E-state index is -1.35. The minimum Gasteiger partial charge on any atom is -0.322 e. The summed E-state index contributed by atoms with van der Waals surface area (Å²) in [5.41, 5.74) is 4.05. The highest BCUT2D eigenvalue weighted by atomic mass is 79.9. The summed E-state index contributed by atoms with van der Waals surface area (Å²) in [6.45, 7) is 1.47. The molecule has 1 rings (SSSR count). The minimum absolute atomic E-state index is 0. The molecular formula is C7H11BrFN. The standard InChI is InChI=1S/C7H10FN.BrH/c1-7(8)5-3-2-4-6(7)9;/h2-6H,9H2,1H3;1H. The molecule has 2 N–H and O–H groups in total. The van der Waals surface area contributed by atoms with Crippen LogP contribution in [-0.4, -0.2) is 11.7 Å². The third-order valence-corrected chi connectivity index (χ3v) is 1.50. The molecule has 3 heteroatoms. The van der Waals surface area contributed by atoms with Gasteiger partial charge in [0.25, 0.3) is 0 Å². The Morgan fingerprint density at radius 1 is 1.50 bits per heavy atom. The van der Waals surface area contributed by atoms with Gasteiger partial charge in [-0.1, -0.05) is 18.2 Å². The van der Waals surface area contributed by atoms with Crippen LogP contribution in [0.25, 0.3) is 0 Å². The zero-order chi connectivity index (χ0) is 6.91. The zero-order valence-electron chi connectivity index (χ0n) is 5.75. The number of allylic oxidation sites excluding steroid dienone is 2. The van der Waals surface area contributed by atoms with E-state index in [1.54, 1.807) is 18.2 Å². The monoisotopic (exact) mass is 207 g/mol. The third-order valence-electron chi connectivity index (χ3n) is 1.50. The van der Waals surface area contributed by atoms with Crippen molar-refractivity contribution < 1.29 is 4.39 Å². The fraction of sp³-hybridized carbons (Fsp3) is 0.429. The van der Waals surface area contributed by atoms with E-state index in [9.17, 15) is 4.39 Å². The highest BCUT2D eigenvalue weighted by Gasteiger charge is 2.27. The van der Waals surface area contributed by atoms with Gasteiger partial charge in [0.05, 0.1) is 6.04 Å². The molecule has 0 aromatic carbocycles. The smallest absolute Gasteiger partial charge is 0.145 e. The van der Waals surface area contributed by atoms with Crippen molar-refractivity contribution in [3.8, 4) is 0 Å². The molecule has 0 aromatic heterocycles. The summed E-state index contributed by atoms with van der Waals surface area (Å²) < 4.78 is 13.0. The lowest BCUT2D eigenvalue weighted by Gasteiger charge is -2.23. The maximum atomic E-state index is 13.0. The van der Waals surface area contributed by atoms with Crippen LogP contribution in [0.2, 0.25) is 0 Å². The first-order valence-electron chi connectivity index (χ1n) is 2.93. The van der Waals surface area contributed by atoms with Gasteiger partial charge in [-0.15, -0.1) is 17.0 Å². The third kappa shape index (κ3) is 1.92. The van der Waals surface area contributed by atoms with Crippen LogP contribution in [0.1, 0.15) is 6.92 Å². The molecular weight excluding hydrogens is 197 g/mol. The summed E-state index contributed by atoms with van der Waals surface area (Å²) in [6, 6.07) is -0.484. The highest BCUT2D eigenvalue weighted by molar-refractivity contribution is 8.93. The summed E-state index contributed by atoms with van der Waals surface area (Å²) in [7, 11) is 0. The Morgan fingerprint density at radius 2 is 2.10 bits per heavy atom. The van der Waals surface area contributed by atoms with E-state index < -0.39 is 11.7 Å².